The van der Waals surface area contributed by atoms with Gasteiger partial charge in [0.25, 0.3) is 0 Å². The lowest BCUT2D eigenvalue weighted by Gasteiger charge is -2.28. The summed E-state index contributed by atoms with van der Waals surface area (Å²) in [5.74, 6) is 0.794. The Kier molecular flexibility index (Phi) is 6.37. The zero-order chi connectivity index (χ0) is 12.0. The van der Waals surface area contributed by atoms with Crippen LogP contribution in [0.3, 0.4) is 0 Å². The van der Waals surface area contributed by atoms with Crippen LogP contribution < -0.4 is 10.6 Å². The van der Waals surface area contributed by atoms with Crippen LogP contribution in [-0.4, -0.2) is 24.7 Å². The molecule has 0 aromatic rings. The van der Waals surface area contributed by atoms with Crippen LogP contribution in [0.25, 0.3) is 0 Å². The summed E-state index contributed by atoms with van der Waals surface area (Å²) in [4.78, 5) is 0. The van der Waals surface area contributed by atoms with Gasteiger partial charge in [0.2, 0.25) is 0 Å². The molecule has 1 rings (SSSR count). The first kappa shape index (κ1) is 14.0. The topological polar surface area (TPSA) is 24.1 Å². The molecule has 0 radical (unpaired) electrons. The second kappa shape index (κ2) is 7.29. The van der Waals surface area contributed by atoms with Gasteiger partial charge in [0.15, 0.2) is 0 Å². The van der Waals surface area contributed by atoms with Crippen molar-refractivity contribution in [2.75, 3.05) is 6.54 Å². The number of nitrogens with one attached hydrogen (secondary N) is 2. The first-order valence-corrected chi connectivity index (χ1v) is 7.07. The Balaban J connectivity index is 2.15. The van der Waals surface area contributed by atoms with Crippen LogP contribution >= 0.6 is 0 Å². The summed E-state index contributed by atoms with van der Waals surface area (Å²) in [6.45, 7) is 10.5. The van der Waals surface area contributed by atoms with E-state index in [9.17, 15) is 0 Å². The van der Waals surface area contributed by atoms with Crippen LogP contribution in [0.1, 0.15) is 59.8 Å². The molecule has 0 aliphatic carbocycles. The van der Waals surface area contributed by atoms with Crippen molar-refractivity contribution in [3.63, 3.8) is 0 Å². The van der Waals surface area contributed by atoms with E-state index in [1.54, 1.807) is 0 Å². The third-order valence-corrected chi connectivity index (χ3v) is 3.44. The van der Waals surface area contributed by atoms with Gasteiger partial charge in [-0.05, 0) is 52.0 Å². The summed E-state index contributed by atoms with van der Waals surface area (Å²) in [6.07, 6.45) is 6.70. The summed E-state index contributed by atoms with van der Waals surface area (Å²) in [5.41, 5.74) is 0. The fourth-order valence-electron chi connectivity index (χ4n) is 2.88. The third-order valence-electron chi connectivity index (χ3n) is 3.44. The van der Waals surface area contributed by atoms with Gasteiger partial charge >= 0.3 is 0 Å². The standard InChI is InChI=1S/C14H30N2/c1-11(2)9-12(3)16-13(4)10-14-7-5-6-8-15-14/h11-16H,5-10H2,1-4H3. The molecule has 0 aromatic carbocycles. The highest BCUT2D eigenvalue weighted by molar-refractivity contribution is 4.78. The molecular weight excluding hydrogens is 196 g/mol. The van der Waals surface area contributed by atoms with Crippen LogP contribution in [0, 0.1) is 5.92 Å². The van der Waals surface area contributed by atoms with Crippen LogP contribution in [0.15, 0.2) is 0 Å². The lowest BCUT2D eigenvalue weighted by atomic mass is 9.97. The number of piperidine rings is 1. The van der Waals surface area contributed by atoms with Gasteiger partial charge in [-0.1, -0.05) is 20.3 Å². The highest BCUT2D eigenvalue weighted by atomic mass is 15.0. The molecule has 1 aliphatic heterocycles. The largest absolute Gasteiger partial charge is 0.314 e. The smallest absolute Gasteiger partial charge is 0.00817 e. The Bertz CT molecular complexity index is 174. The Labute approximate surface area is 102 Å². The average Bonchev–Trinajstić information content (AvgIpc) is 2.17. The Hall–Kier alpha value is -0.0800. The first-order valence-electron chi connectivity index (χ1n) is 7.07. The van der Waals surface area contributed by atoms with Crippen molar-refractivity contribution in [3.05, 3.63) is 0 Å². The zero-order valence-electron chi connectivity index (χ0n) is 11.6. The quantitative estimate of drug-likeness (QED) is 0.727. The molecule has 1 heterocycles. The Morgan fingerprint density at radius 1 is 1.12 bits per heavy atom. The number of hydrogen-bond acceptors (Lipinski definition) is 2. The van der Waals surface area contributed by atoms with Crippen molar-refractivity contribution in [2.24, 2.45) is 5.92 Å². The second-order valence-electron chi connectivity index (χ2n) is 5.98. The fourth-order valence-corrected chi connectivity index (χ4v) is 2.88. The summed E-state index contributed by atoms with van der Waals surface area (Å²) in [5, 5.41) is 7.34. The van der Waals surface area contributed by atoms with Crippen molar-refractivity contribution in [1.29, 1.82) is 0 Å². The van der Waals surface area contributed by atoms with E-state index in [1.165, 1.54) is 38.6 Å². The lowest BCUT2D eigenvalue weighted by Crippen LogP contribution is -2.42. The molecule has 0 saturated carbocycles. The van der Waals surface area contributed by atoms with Gasteiger partial charge in [0, 0.05) is 18.1 Å². The molecule has 0 spiro atoms. The first-order chi connectivity index (χ1) is 7.58. The van der Waals surface area contributed by atoms with E-state index < -0.39 is 0 Å². The van der Waals surface area contributed by atoms with Crippen molar-refractivity contribution in [3.8, 4) is 0 Å². The summed E-state index contributed by atoms with van der Waals surface area (Å²) in [6, 6.07) is 2.05. The summed E-state index contributed by atoms with van der Waals surface area (Å²) >= 11 is 0. The summed E-state index contributed by atoms with van der Waals surface area (Å²) < 4.78 is 0. The van der Waals surface area contributed by atoms with E-state index in [0.717, 1.165) is 12.0 Å². The highest BCUT2D eigenvalue weighted by Gasteiger charge is 2.16. The molecule has 3 atom stereocenters. The van der Waals surface area contributed by atoms with Gasteiger partial charge in [-0.3, -0.25) is 0 Å². The molecule has 2 nitrogen and oxygen atoms in total. The monoisotopic (exact) mass is 226 g/mol. The molecule has 1 saturated heterocycles. The van der Waals surface area contributed by atoms with Gasteiger partial charge in [-0.2, -0.15) is 0 Å². The van der Waals surface area contributed by atoms with Crippen molar-refractivity contribution < 1.29 is 0 Å². The molecule has 3 unspecified atom stereocenters. The van der Waals surface area contributed by atoms with Crippen molar-refractivity contribution >= 4 is 0 Å². The minimum absolute atomic E-state index is 0.643. The molecule has 2 N–H and O–H groups in total. The van der Waals surface area contributed by atoms with E-state index in [1.807, 2.05) is 0 Å². The highest BCUT2D eigenvalue weighted by Crippen LogP contribution is 2.13. The molecule has 0 aromatic heterocycles. The minimum Gasteiger partial charge on any atom is -0.314 e. The van der Waals surface area contributed by atoms with E-state index in [4.69, 9.17) is 0 Å². The predicted molar refractivity (Wildman–Crippen MR) is 71.8 cm³/mol. The Morgan fingerprint density at radius 2 is 1.88 bits per heavy atom. The number of rotatable bonds is 6. The van der Waals surface area contributed by atoms with Gasteiger partial charge in [-0.15, -0.1) is 0 Å². The predicted octanol–water partition coefficient (Wildman–Crippen LogP) is 2.93. The van der Waals surface area contributed by atoms with Gasteiger partial charge in [0.05, 0.1) is 0 Å². The van der Waals surface area contributed by atoms with Gasteiger partial charge < -0.3 is 10.6 Å². The molecule has 0 amide bonds. The zero-order valence-corrected chi connectivity index (χ0v) is 11.6. The molecule has 96 valence electrons. The minimum atomic E-state index is 0.643. The second-order valence-corrected chi connectivity index (χ2v) is 5.98. The fraction of sp³-hybridized carbons (Fsp3) is 1.00. The van der Waals surface area contributed by atoms with Crippen LogP contribution in [0.5, 0.6) is 0 Å². The molecule has 2 heteroatoms. The van der Waals surface area contributed by atoms with Crippen molar-refractivity contribution in [2.45, 2.75) is 77.9 Å². The van der Waals surface area contributed by atoms with Gasteiger partial charge in [0.1, 0.15) is 0 Å². The van der Waals surface area contributed by atoms with Gasteiger partial charge in [-0.25, -0.2) is 0 Å². The SMILES string of the molecule is CC(C)CC(C)NC(C)CC1CCCCN1. The van der Waals surface area contributed by atoms with Crippen LogP contribution in [-0.2, 0) is 0 Å². The normalized spacial score (nSPS) is 25.7. The van der Waals surface area contributed by atoms with E-state index in [0.29, 0.717) is 12.1 Å². The maximum absolute atomic E-state index is 3.72. The average molecular weight is 226 g/mol. The van der Waals surface area contributed by atoms with E-state index in [-0.39, 0.29) is 0 Å². The van der Waals surface area contributed by atoms with Crippen LogP contribution in [0.2, 0.25) is 0 Å². The third kappa shape index (κ3) is 5.86. The van der Waals surface area contributed by atoms with E-state index in [2.05, 4.69) is 38.3 Å². The maximum atomic E-state index is 3.72. The summed E-state index contributed by atoms with van der Waals surface area (Å²) in [7, 11) is 0. The van der Waals surface area contributed by atoms with Crippen LogP contribution in [0.4, 0.5) is 0 Å². The molecular formula is C14H30N2. The molecule has 16 heavy (non-hydrogen) atoms. The lowest BCUT2D eigenvalue weighted by molar-refractivity contribution is 0.321. The molecule has 0 bridgehead atoms. The number of hydrogen-bond donors (Lipinski definition) is 2. The Morgan fingerprint density at radius 3 is 2.44 bits per heavy atom. The maximum Gasteiger partial charge on any atom is 0.00817 e. The van der Waals surface area contributed by atoms with Crippen molar-refractivity contribution in [1.82, 2.24) is 10.6 Å². The van der Waals surface area contributed by atoms with E-state index >= 15 is 0 Å². The molecule has 1 aliphatic rings. The molecule has 1 fully saturated rings.